The Morgan fingerprint density at radius 3 is 2.29 bits per heavy atom. The normalized spacial score (nSPS) is 21.0. The molecule has 0 saturated carbocycles. The van der Waals surface area contributed by atoms with E-state index >= 15 is 0 Å². The predicted molar refractivity (Wildman–Crippen MR) is 76.4 cm³/mol. The zero-order valence-electron chi connectivity index (χ0n) is 12.3. The number of nitrogens with zero attached hydrogens (tertiary/aromatic N) is 1. The van der Waals surface area contributed by atoms with Crippen molar-refractivity contribution in [1.29, 1.82) is 0 Å². The number of hydrogen-bond donors (Lipinski definition) is 1. The number of likely N-dealkylation sites (tertiary alicyclic amines) is 1. The summed E-state index contributed by atoms with van der Waals surface area (Å²) in [5.74, 6) is 0.992. The maximum absolute atomic E-state index is 3.61. The summed E-state index contributed by atoms with van der Waals surface area (Å²) in [5, 5.41) is 3.61. The molecule has 1 rings (SSSR count). The van der Waals surface area contributed by atoms with Gasteiger partial charge in [-0.1, -0.05) is 40.5 Å². The fourth-order valence-electron chi connectivity index (χ4n) is 2.85. The van der Waals surface area contributed by atoms with Gasteiger partial charge in [0.25, 0.3) is 0 Å². The van der Waals surface area contributed by atoms with Crippen molar-refractivity contribution in [1.82, 2.24) is 10.2 Å². The summed E-state index contributed by atoms with van der Waals surface area (Å²) in [6.07, 6.45) is 6.85. The highest BCUT2D eigenvalue weighted by molar-refractivity contribution is 4.80. The number of nitrogens with one attached hydrogen (secondary N) is 1. The molecule has 1 fully saturated rings. The quantitative estimate of drug-likeness (QED) is 0.735. The van der Waals surface area contributed by atoms with E-state index in [1.165, 1.54) is 51.7 Å². The fraction of sp³-hybridized carbons (Fsp3) is 1.00. The Kier molecular flexibility index (Phi) is 7.14. The van der Waals surface area contributed by atoms with Crippen LogP contribution < -0.4 is 5.32 Å². The van der Waals surface area contributed by atoms with Crippen molar-refractivity contribution in [2.75, 3.05) is 19.6 Å². The summed E-state index contributed by atoms with van der Waals surface area (Å²) in [4.78, 5) is 2.73. The highest BCUT2D eigenvalue weighted by Crippen LogP contribution is 2.22. The van der Waals surface area contributed by atoms with Gasteiger partial charge in [0.15, 0.2) is 0 Å². The third kappa shape index (κ3) is 5.39. The first-order valence-corrected chi connectivity index (χ1v) is 7.64. The average molecular weight is 240 g/mol. The van der Waals surface area contributed by atoms with Crippen LogP contribution in [-0.4, -0.2) is 36.6 Å². The van der Waals surface area contributed by atoms with Gasteiger partial charge < -0.3 is 5.32 Å². The molecule has 0 amide bonds. The Morgan fingerprint density at radius 2 is 1.82 bits per heavy atom. The van der Waals surface area contributed by atoms with E-state index in [1.807, 2.05) is 0 Å². The molecule has 0 aromatic heterocycles. The molecule has 0 spiro atoms. The van der Waals surface area contributed by atoms with Crippen LogP contribution >= 0.6 is 0 Å². The summed E-state index contributed by atoms with van der Waals surface area (Å²) in [6, 6.07) is 1.38. The molecule has 0 aromatic carbocycles. The molecular weight excluding hydrogens is 208 g/mol. The van der Waals surface area contributed by atoms with E-state index in [-0.39, 0.29) is 0 Å². The van der Waals surface area contributed by atoms with E-state index in [0.717, 1.165) is 12.0 Å². The zero-order chi connectivity index (χ0) is 12.7. The molecule has 1 N–H and O–H groups in total. The lowest BCUT2D eigenvalue weighted by molar-refractivity contribution is 0.121. The van der Waals surface area contributed by atoms with Crippen LogP contribution in [0.5, 0.6) is 0 Å². The zero-order valence-corrected chi connectivity index (χ0v) is 12.3. The highest BCUT2D eigenvalue weighted by atomic mass is 15.2. The van der Waals surface area contributed by atoms with Crippen LogP contribution in [0.15, 0.2) is 0 Å². The van der Waals surface area contributed by atoms with Crippen molar-refractivity contribution < 1.29 is 0 Å². The molecule has 1 saturated heterocycles. The first-order chi connectivity index (χ1) is 8.17. The topological polar surface area (TPSA) is 15.3 Å². The maximum Gasteiger partial charge on any atom is 0.0220 e. The Morgan fingerprint density at radius 1 is 1.18 bits per heavy atom. The molecule has 2 heteroatoms. The van der Waals surface area contributed by atoms with Crippen LogP contribution in [0.25, 0.3) is 0 Å². The maximum atomic E-state index is 3.61. The Bertz CT molecular complexity index is 183. The summed E-state index contributed by atoms with van der Waals surface area (Å²) in [6.45, 7) is 12.9. The molecule has 1 heterocycles. The first-order valence-electron chi connectivity index (χ1n) is 7.64. The van der Waals surface area contributed by atoms with Crippen molar-refractivity contribution in [3.8, 4) is 0 Å². The molecule has 2 nitrogen and oxygen atoms in total. The van der Waals surface area contributed by atoms with Gasteiger partial charge in [-0.25, -0.2) is 0 Å². The van der Waals surface area contributed by atoms with Crippen LogP contribution in [0.2, 0.25) is 0 Å². The summed E-state index contributed by atoms with van der Waals surface area (Å²) >= 11 is 0. The standard InChI is InChI=1S/C15H32N2/c1-5-7-15(12-16-13(3)4)17-10-8-14(6-2)9-11-17/h13-16H,5-12H2,1-4H3. The van der Waals surface area contributed by atoms with Gasteiger partial charge in [-0.2, -0.15) is 0 Å². The van der Waals surface area contributed by atoms with Gasteiger partial charge in [0.05, 0.1) is 0 Å². The number of hydrogen-bond acceptors (Lipinski definition) is 2. The molecule has 0 aromatic rings. The lowest BCUT2D eigenvalue weighted by atomic mass is 9.93. The van der Waals surface area contributed by atoms with Crippen molar-refractivity contribution in [2.45, 2.75) is 71.9 Å². The van der Waals surface area contributed by atoms with Crippen molar-refractivity contribution in [2.24, 2.45) is 5.92 Å². The highest BCUT2D eigenvalue weighted by Gasteiger charge is 2.23. The van der Waals surface area contributed by atoms with Crippen LogP contribution in [0.3, 0.4) is 0 Å². The summed E-state index contributed by atoms with van der Waals surface area (Å²) < 4.78 is 0. The van der Waals surface area contributed by atoms with E-state index in [1.54, 1.807) is 0 Å². The number of piperidine rings is 1. The molecule has 1 unspecified atom stereocenters. The van der Waals surface area contributed by atoms with Gasteiger partial charge in [-0.05, 0) is 38.3 Å². The van der Waals surface area contributed by atoms with Gasteiger partial charge in [-0.15, -0.1) is 0 Å². The van der Waals surface area contributed by atoms with Gasteiger partial charge in [-0.3, -0.25) is 4.90 Å². The Hall–Kier alpha value is -0.0800. The molecule has 0 radical (unpaired) electrons. The molecule has 17 heavy (non-hydrogen) atoms. The molecule has 0 aliphatic carbocycles. The van der Waals surface area contributed by atoms with E-state index in [2.05, 4.69) is 37.9 Å². The van der Waals surface area contributed by atoms with Gasteiger partial charge in [0.1, 0.15) is 0 Å². The van der Waals surface area contributed by atoms with Gasteiger partial charge in [0, 0.05) is 18.6 Å². The summed E-state index contributed by atoms with van der Waals surface area (Å²) in [7, 11) is 0. The molecular formula is C15H32N2. The van der Waals surface area contributed by atoms with E-state index in [4.69, 9.17) is 0 Å². The minimum atomic E-state index is 0.613. The fourth-order valence-corrected chi connectivity index (χ4v) is 2.85. The first kappa shape index (κ1) is 15.0. The predicted octanol–water partition coefficient (Wildman–Crippen LogP) is 3.28. The minimum absolute atomic E-state index is 0.613. The molecule has 1 atom stereocenters. The molecule has 1 aliphatic heterocycles. The van der Waals surface area contributed by atoms with Gasteiger partial charge in [0.2, 0.25) is 0 Å². The minimum Gasteiger partial charge on any atom is -0.313 e. The Balaban J connectivity index is 2.36. The monoisotopic (exact) mass is 240 g/mol. The van der Waals surface area contributed by atoms with E-state index in [9.17, 15) is 0 Å². The molecule has 102 valence electrons. The largest absolute Gasteiger partial charge is 0.313 e. The van der Waals surface area contributed by atoms with Crippen LogP contribution in [0, 0.1) is 5.92 Å². The van der Waals surface area contributed by atoms with Crippen LogP contribution in [-0.2, 0) is 0 Å². The van der Waals surface area contributed by atoms with Crippen LogP contribution in [0.1, 0.15) is 59.8 Å². The number of rotatable bonds is 7. The molecule has 0 bridgehead atoms. The Labute approximate surface area is 108 Å². The SMILES string of the molecule is CCCC(CNC(C)C)N1CCC(CC)CC1. The van der Waals surface area contributed by atoms with Crippen molar-refractivity contribution >= 4 is 0 Å². The lowest BCUT2D eigenvalue weighted by Gasteiger charge is -2.38. The van der Waals surface area contributed by atoms with E-state index < -0.39 is 0 Å². The smallest absolute Gasteiger partial charge is 0.0220 e. The second-order valence-corrected chi connectivity index (χ2v) is 5.89. The second kappa shape index (κ2) is 8.10. The van der Waals surface area contributed by atoms with Gasteiger partial charge >= 0.3 is 0 Å². The summed E-state index contributed by atoms with van der Waals surface area (Å²) in [5.41, 5.74) is 0. The van der Waals surface area contributed by atoms with E-state index in [0.29, 0.717) is 6.04 Å². The van der Waals surface area contributed by atoms with Crippen molar-refractivity contribution in [3.05, 3.63) is 0 Å². The molecule has 1 aliphatic rings. The third-order valence-corrected chi connectivity index (χ3v) is 4.13. The van der Waals surface area contributed by atoms with Crippen LogP contribution in [0.4, 0.5) is 0 Å². The lowest BCUT2D eigenvalue weighted by Crippen LogP contribution is -2.47. The third-order valence-electron chi connectivity index (χ3n) is 4.13. The van der Waals surface area contributed by atoms with Crippen molar-refractivity contribution in [3.63, 3.8) is 0 Å². The second-order valence-electron chi connectivity index (χ2n) is 5.89. The average Bonchev–Trinajstić information content (AvgIpc) is 2.34.